The van der Waals surface area contributed by atoms with Crippen molar-refractivity contribution in [3.63, 3.8) is 0 Å². The van der Waals surface area contributed by atoms with Gasteiger partial charge >= 0.3 is 5.97 Å². The van der Waals surface area contributed by atoms with E-state index < -0.39 is 0 Å². The van der Waals surface area contributed by atoms with Gasteiger partial charge in [0.2, 0.25) is 0 Å². The van der Waals surface area contributed by atoms with Crippen LogP contribution in [-0.4, -0.2) is 25.7 Å². The molecule has 1 rings (SSSR count). The summed E-state index contributed by atoms with van der Waals surface area (Å²) >= 11 is 0. The van der Waals surface area contributed by atoms with Crippen LogP contribution >= 0.6 is 0 Å². The summed E-state index contributed by atoms with van der Waals surface area (Å²) in [6.07, 6.45) is 0.661. The summed E-state index contributed by atoms with van der Waals surface area (Å²) in [6.45, 7) is 8.53. The lowest BCUT2D eigenvalue weighted by Gasteiger charge is -2.16. The third-order valence-electron chi connectivity index (χ3n) is 2.47. The third-order valence-corrected chi connectivity index (χ3v) is 2.47. The van der Waals surface area contributed by atoms with E-state index in [9.17, 15) is 4.79 Å². The molecule has 1 unspecified atom stereocenters. The highest BCUT2D eigenvalue weighted by Gasteiger charge is 2.18. The van der Waals surface area contributed by atoms with Crippen molar-refractivity contribution in [1.29, 1.82) is 0 Å². The monoisotopic (exact) mass is 265 g/mol. The van der Waals surface area contributed by atoms with E-state index in [2.05, 4.69) is 5.32 Å². The van der Waals surface area contributed by atoms with Crippen molar-refractivity contribution in [3.05, 3.63) is 35.9 Å². The number of likely N-dealkylation sites (N-methyl/N-ethyl adjacent to an activating group) is 1. The maximum atomic E-state index is 11.8. The van der Waals surface area contributed by atoms with Crippen LogP contribution in [0.3, 0.4) is 0 Å². The van der Waals surface area contributed by atoms with Gasteiger partial charge in [-0.2, -0.15) is 0 Å². The predicted molar refractivity (Wildman–Crippen MR) is 80.1 cm³/mol. The highest BCUT2D eigenvalue weighted by molar-refractivity contribution is 5.76. The van der Waals surface area contributed by atoms with Crippen molar-refractivity contribution in [2.75, 3.05) is 13.7 Å². The van der Waals surface area contributed by atoms with E-state index in [4.69, 9.17) is 4.74 Å². The van der Waals surface area contributed by atoms with Crippen LogP contribution in [-0.2, 0) is 16.0 Å². The van der Waals surface area contributed by atoms with E-state index in [-0.39, 0.29) is 12.0 Å². The minimum Gasteiger partial charge on any atom is -0.464 e. The zero-order chi connectivity index (χ0) is 14.7. The summed E-state index contributed by atoms with van der Waals surface area (Å²) in [6, 6.07) is 9.68. The average molecular weight is 265 g/mol. The number of ether oxygens (including phenoxy) is 1. The van der Waals surface area contributed by atoms with Crippen LogP contribution in [0.25, 0.3) is 0 Å². The summed E-state index contributed by atoms with van der Waals surface area (Å²) in [7, 11) is 1.78. The van der Waals surface area contributed by atoms with E-state index >= 15 is 0 Å². The molecule has 1 N–H and O–H groups in total. The zero-order valence-corrected chi connectivity index (χ0v) is 12.8. The van der Waals surface area contributed by atoms with Gasteiger partial charge in [-0.25, -0.2) is 0 Å². The average Bonchev–Trinajstić information content (AvgIpc) is 2.45. The lowest BCUT2D eigenvalue weighted by atomic mass is 10.1. The maximum Gasteiger partial charge on any atom is 0.323 e. The Kier molecular flexibility index (Phi) is 9.81. The van der Waals surface area contributed by atoms with Crippen molar-refractivity contribution < 1.29 is 9.53 Å². The van der Waals surface area contributed by atoms with Gasteiger partial charge < -0.3 is 10.1 Å². The third kappa shape index (κ3) is 7.62. The largest absolute Gasteiger partial charge is 0.464 e. The van der Waals surface area contributed by atoms with Crippen LogP contribution in [0.1, 0.15) is 33.3 Å². The second-order valence-electron chi connectivity index (χ2n) is 4.55. The molecule has 0 aromatic heterocycles. The molecule has 0 aliphatic carbocycles. The molecule has 0 heterocycles. The Bertz CT molecular complexity index is 336. The highest BCUT2D eigenvalue weighted by atomic mass is 16.5. The standard InChI is InChI=1S/C14H21NO2.C2H6/c1-11(2)10-17-14(16)13(15-3)9-12-7-5-4-6-8-12;1-2/h4-8,11,13,15H,9-10H2,1-3H3;1-2H3. The van der Waals surface area contributed by atoms with Crippen LogP contribution in [0.5, 0.6) is 0 Å². The Morgan fingerprint density at radius 3 is 2.26 bits per heavy atom. The molecule has 0 spiro atoms. The fourth-order valence-electron chi connectivity index (χ4n) is 1.50. The van der Waals surface area contributed by atoms with E-state index in [1.54, 1.807) is 7.05 Å². The van der Waals surface area contributed by atoms with Crippen LogP contribution in [0, 0.1) is 5.92 Å². The van der Waals surface area contributed by atoms with Gasteiger partial charge in [-0.3, -0.25) is 4.79 Å². The molecule has 0 fully saturated rings. The first kappa shape index (κ1) is 17.6. The molecule has 19 heavy (non-hydrogen) atoms. The molecule has 1 atom stereocenters. The fraction of sp³-hybridized carbons (Fsp3) is 0.562. The van der Waals surface area contributed by atoms with Gasteiger partial charge in [0.15, 0.2) is 0 Å². The Balaban J connectivity index is 0.00000154. The minimum atomic E-state index is -0.267. The van der Waals surface area contributed by atoms with Gasteiger partial charge in [0.25, 0.3) is 0 Å². The number of carbonyl (C=O) groups is 1. The van der Waals surface area contributed by atoms with Crippen molar-refractivity contribution in [1.82, 2.24) is 5.32 Å². The topological polar surface area (TPSA) is 38.3 Å². The number of rotatable bonds is 6. The van der Waals surface area contributed by atoms with Crippen LogP contribution in [0.4, 0.5) is 0 Å². The number of esters is 1. The maximum absolute atomic E-state index is 11.8. The number of benzene rings is 1. The van der Waals surface area contributed by atoms with Gasteiger partial charge in [0, 0.05) is 0 Å². The van der Waals surface area contributed by atoms with Crippen molar-refractivity contribution in [3.8, 4) is 0 Å². The Morgan fingerprint density at radius 2 is 1.79 bits per heavy atom. The van der Waals surface area contributed by atoms with Crippen molar-refractivity contribution in [2.24, 2.45) is 5.92 Å². The molecule has 0 bridgehead atoms. The first-order chi connectivity index (χ1) is 9.13. The van der Waals surface area contributed by atoms with E-state index in [0.717, 1.165) is 5.56 Å². The number of carbonyl (C=O) groups excluding carboxylic acids is 1. The first-order valence-corrected chi connectivity index (χ1v) is 7.01. The van der Waals surface area contributed by atoms with Gasteiger partial charge in [-0.15, -0.1) is 0 Å². The summed E-state index contributed by atoms with van der Waals surface area (Å²) < 4.78 is 5.23. The number of hydrogen-bond acceptors (Lipinski definition) is 3. The minimum absolute atomic E-state index is 0.176. The molecule has 108 valence electrons. The zero-order valence-electron chi connectivity index (χ0n) is 12.8. The van der Waals surface area contributed by atoms with Crippen LogP contribution in [0.15, 0.2) is 30.3 Å². The predicted octanol–water partition coefficient (Wildman–Crippen LogP) is 3.04. The molecule has 0 radical (unpaired) electrons. The van der Waals surface area contributed by atoms with Crippen molar-refractivity contribution >= 4 is 5.97 Å². The molecular weight excluding hydrogens is 238 g/mol. The van der Waals surface area contributed by atoms with Gasteiger partial charge in [-0.1, -0.05) is 58.0 Å². The molecule has 0 amide bonds. The van der Waals surface area contributed by atoms with E-state index in [1.807, 2.05) is 58.0 Å². The number of nitrogens with one attached hydrogen (secondary N) is 1. The fourth-order valence-corrected chi connectivity index (χ4v) is 1.50. The Morgan fingerprint density at radius 1 is 1.21 bits per heavy atom. The Hall–Kier alpha value is -1.35. The molecule has 0 aliphatic heterocycles. The summed E-state index contributed by atoms with van der Waals surface area (Å²) in [4.78, 5) is 11.8. The molecule has 1 aromatic carbocycles. The summed E-state index contributed by atoms with van der Waals surface area (Å²) in [5.41, 5.74) is 1.13. The molecule has 0 aliphatic rings. The van der Waals surface area contributed by atoms with E-state index in [1.165, 1.54) is 0 Å². The summed E-state index contributed by atoms with van der Waals surface area (Å²) in [5.74, 6) is 0.193. The molecule has 1 aromatic rings. The Labute approximate surface area is 117 Å². The second kappa shape index (κ2) is 10.6. The van der Waals surface area contributed by atoms with E-state index in [0.29, 0.717) is 18.9 Å². The first-order valence-electron chi connectivity index (χ1n) is 7.01. The molecule has 0 saturated heterocycles. The highest BCUT2D eigenvalue weighted by Crippen LogP contribution is 2.05. The molecule has 0 saturated carbocycles. The molecule has 3 nitrogen and oxygen atoms in total. The lowest BCUT2D eigenvalue weighted by Crippen LogP contribution is -2.38. The van der Waals surface area contributed by atoms with Crippen molar-refractivity contribution in [2.45, 2.75) is 40.2 Å². The van der Waals surface area contributed by atoms with Crippen LogP contribution < -0.4 is 5.32 Å². The number of hydrogen-bond donors (Lipinski definition) is 1. The molecule has 3 heteroatoms. The SMILES string of the molecule is CC.CNC(Cc1ccccc1)C(=O)OCC(C)C. The second-order valence-corrected chi connectivity index (χ2v) is 4.55. The van der Waals surface area contributed by atoms with Gasteiger partial charge in [0.05, 0.1) is 6.61 Å². The lowest BCUT2D eigenvalue weighted by molar-refractivity contribution is -0.147. The summed E-state index contributed by atoms with van der Waals surface area (Å²) in [5, 5.41) is 3.00. The smallest absolute Gasteiger partial charge is 0.323 e. The quantitative estimate of drug-likeness (QED) is 0.803. The molecular formula is C16H27NO2. The van der Waals surface area contributed by atoms with Crippen LogP contribution in [0.2, 0.25) is 0 Å². The van der Waals surface area contributed by atoms with Gasteiger partial charge in [-0.05, 0) is 24.9 Å². The van der Waals surface area contributed by atoms with Gasteiger partial charge in [0.1, 0.15) is 6.04 Å². The normalized spacial score (nSPS) is 11.5.